The van der Waals surface area contributed by atoms with E-state index in [1.165, 1.54) is 18.3 Å². The van der Waals surface area contributed by atoms with Crippen LogP contribution in [0.25, 0.3) is 0 Å². The molecule has 1 amide bonds. The van der Waals surface area contributed by atoms with Gasteiger partial charge in [-0.15, -0.1) is 11.3 Å². The molecule has 0 bridgehead atoms. The second kappa shape index (κ2) is 6.02. The number of nitrogens with zero attached hydrogens (tertiary/aromatic N) is 4. The summed E-state index contributed by atoms with van der Waals surface area (Å²) in [6.07, 6.45) is 3.49. The molecule has 0 aromatic carbocycles. The molecule has 2 rings (SSSR count). The minimum absolute atomic E-state index is 0.199. The van der Waals surface area contributed by atoms with Crippen molar-refractivity contribution >= 4 is 29.1 Å². The molecule has 0 saturated heterocycles. The van der Waals surface area contributed by atoms with Crippen LogP contribution in [-0.2, 0) is 11.3 Å². The van der Waals surface area contributed by atoms with Crippen LogP contribution in [0.5, 0.6) is 0 Å². The number of halogens is 1. The third kappa shape index (κ3) is 3.68. The summed E-state index contributed by atoms with van der Waals surface area (Å²) in [4.78, 5) is 21.8. The van der Waals surface area contributed by atoms with Gasteiger partial charge in [-0.25, -0.2) is 5.43 Å². The Morgan fingerprint density at radius 3 is 3.05 bits per heavy atom. The molecule has 2 aromatic heterocycles. The topological polar surface area (TPSA) is 102 Å². The molecule has 0 saturated carbocycles. The monoisotopic (exact) mass is 297 g/mol. The number of carbonyl (C=O) groups is 1. The van der Waals surface area contributed by atoms with Crippen LogP contribution in [0.3, 0.4) is 0 Å². The summed E-state index contributed by atoms with van der Waals surface area (Å²) in [6.45, 7) is -0.204. The van der Waals surface area contributed by atoms with Crippen molar-refractivity contribution in [2.45, 2.75) is 6.54 Å². The van der Waals surface area contributed by atoms with Crippen molar-refractivity contribution in [3.05, 3.63) is 44.6 Å². The summed E-state index contributed by atoms with van der Waals surface area (Å²) in [7, 11) is 0. The van der Waals surface area contributed by atoms with Gasteiger partial charge in [-0.2, -0.15) is 14.6 Å². The molecule has 0 aliphatic heterocycles. The van der Waals surface area contributed by atoms with E-state index in [0.717, 1.165) is 28.4 Å². The van der Waals surface area contributed by atoms with Gasteiger partial charge in [0.1, 0.15) is 18.9 Å². The van der Waals surface area contributed by atoms with Crippen molar-refractivity contribution in [3.8, 4) is 0 Å². The van der Waals surface area contributed by atoms with E-state index in [9.17, 15) is 19.3 Å². The number of aromatic nitrogens is 2. The number of hydrazone groups is 1. The van der Waals surface area contributed by atoms with E-state index in [0.29, 0.717) is 4.88 Å². The molecule has 10 heteroatoms. The molecule has 0 atom stereocenters. The van der Waals surface area contributed by atoms with Gasteiger partial charge in [-0.05, 0) is 12.1 Å². The Kier molecular flexibility index (Phi) is 4.15. The molecule has 104 valence electrons. The highest BCUT2D eigenvalue weighted by Crippen LogP contribution is 2.11. The largest absolute Gasteiger partial charge is 0.307 e. The van der Waals surface area contributed by atoms with Crippen LogP contribution >= 0.6 is 11.3 Å². The SMILES string of the molecule is O=C(Cn1cc([N+](=O)[O-])cn1)NN=Cc1ccc(F)s1. The maximum Gasteiger partial charge on any atom is 0.307 e. The number of hydrogen-bond donors (Lipinski definition) is 1. The van der Waals surface area contributed by atoms with Gasteiger partial charge in [0.2, 0.25) is 0 Å². The maximum absolute atomic E-state index is 12.7. The fourth-order valence-electron chi connectivity index (χ4n) is 1.28. The smallest absolute Gasteiger partial charge is 0.271 e. The van der Waals surface area contributed by atoms with Gasteiger partial charge in [0.05, 0.1) is 16.0 Å². The third-order valence-corrected chi connectivity index (χ3v) is 2.92. The highest BCUT2D eigenvalue weighted by Gasteiger charge is 2.10. The number of nitro groups is 1. The Balaban J connectivity index is 1.85. The first kappa shape index (κ1) is 13.8. The van der Waals surface area contributed by atoms with Crippen molar-refractivity contribution in [1.29, 1.82) is 0 Å². The van der Waals surface area contributed by atoms with Crippen LogP contribution in [0.15, 0.2) is 29.6 Å². The van der Waals surface area contributed by atoms with E-state index in [2.05, 4.69) is 15.6 Å². The van der Waals surface area contributed by atoms with Gasteiger partial charge in [0.15, 0.2) is 5.13 Å². The zero-order valence-corrected chi connectivity index (χ0v) is 10.7. The second-order valence-electron chi connectivity index (χ2n) is 3.59. The lowest BCUT2D eigenvalue weighted by molar-refractivity contribution is -0.385. The van der Waals surface area contributed by atoms with Crippen LogP contribution in [0.2, 0.25) is 0 Å². The minimum atomic E-state index is -0.606. The standard InChI is InChI=1S/C10H8FN5O3S/c11-9-2-1-8(20-9)4-12-14-10(17)6-15-5-7(3-13-15)16(18)19/h1-5H,6H2,(H,14,17). The zero-order valence-electron chi connectivity index (χ0n) is 9.89. The van der Waals surface area contributed by atoms with Gasteiger partial charge >= 0.3 is 5.69 Å². The molecular weight excluding hydrogens is 289 g/mol. The Morgan fingerprint density at radius 2 is 2.45 bits per heavy atom. The Morgan fingerprint density at radius 1 is 1.65 bits per heavy atom. The normalized spacial score (nSPS) is 10.8. The first-order chi connectivity index (χ1) is 9.54. The molecule has 0 unspecified atom stereocenters. The average molecular weight is 297 g/mol. The summed E-state index contributed by atoms with van der Waals surface area (Å²) in [5, 5.41) is 17.4. The molecule has 8 nitrogen and oxygen atoms in total. The van der Waals surface area contributed by atoms with Crippen LogP contribution < -0.4 is 5.43 Å². The van der Waals surface area contributed by atoms with E-state index in [4.69, 9.17) is 0 Å². The fraction of sp³-hybridized carbons (Fsp3) is 0.100. The highest BCUT2D eigenvalue weighted by molar-refractivity contribution is 7.12. The van der Waals surface area contributed by atoms with Crippen molar-refractivity contribution < 1.29 is 14.1 Å². The summed E-state index contributed by atoms with van der Waals surface area (Å²) in [6, 6.07) is 2.81. The van der Waals surface area contributed by atoms with E-state index in [-0.39, 0.29) is 17.4 Å². The molecule has 0 spiro atoms. The first-order valence-corrected chi connectivity index (χ1v) is 6.10. The zero-order chi connectivity index (χ0) is 14.5. The number of carbonyl (C=O) groups excluding carboxylic acids is 1. The van der Waals surface area contributed by atoms with E-state index >= 15 is 0 Å². The Bertz CT molecular complexity index is 665. The van der Waals surface area contributed by atoms with Gasteiger partial charge < -0.3 is 0 Å². The lowest BCUT2D eigenvalue weighted by atomic mass is 10.5. The number of rotatable bonds is 5. The number of nitrogens with one attached hydrogen (secondary N) is 1. The predicted molar refractivity (Wildman–Crippen MR) is 68.9 cm³/mol. The highest BCUT2D eigenvalue weighted by atomic mass is 32.1. The molecule has 0 aliphatic rings. The predicted octanol–water partition coefficient (Wildman–Crippen LogP) is 1.14. The first-order valence-electron chi connectivity index (χ1n) is 5.28. The second-order valence-corrected chi connectivity index (χ2v) is 4.65. The van der Waals surface area contributed by atoms with Gasteiger partial charge in [-0.3, -0.25) is 19.6 Å². The van der Waals surface area contributed by atoms with Gasteiger partial charge in [-0.1, -0.05) is 0 Å². The summed E-state index contributed by atoms with van der Waals surface area (Å²) >= 11 is 0.890. The molecule has 1 N–H and O–H groups in total. The Labute approximate surface area is 115 Å². The lowest BCUT2D eigenvalue weighted by Crippen LogP contribution is -2.23. The van der Waals surface area contributed by atoms with E-state index < -0.39 is 10.8 Å². The molecule has 0 fully saturated rings. The molecule has 20 heavy (non-hydrogen) atoms. The summed E-state index contributed by atoms with van der Waals surface area (Å²) < 4.78 is 13.8. The van der Waals surface area contributed by atoms with Crippen LogP contribution in [0.4, 0.5) is 10.1 Å². The van der Waals surface area contributed by atoms with Crippen LogP contribution in [0, 0.1) is 15.2 Å². The summed E-state index contributed by atoms with van der Waals surface area (Å²) in [5.74, 6) is -0.503. The van der Waals surface area contributed by atoms with Crippen molar-refractivity contribution in [3.63, 3.8) is 0 Å². The third-order valence-electron chi connectivity index (χ3n) is 2.11. The van der Waals surface area contributed by atoms with Gasteiger partial charge in [0, 0.05) is 0 Å². The summed E-state index contributed by atoms with van der Waals surface area (Å²) in [5.41, 5.74) is 2.01. The van der Waals surface area contributed by atoms with Crippen molar-refractivity contribution in [2.24, 2.45) is 5.10 Å². The van der Waals surface area contributed by atoms with E-state index in [1.807, 2.05) is 0 Å². The quantitative estimate of drug-likeness (QED) is 0.508. The molecular formula is C10H8FN5O3S. The van der Waals surface area contributed by atoms with Crippen molar-refractivity contribution in [1.82, 2.24) is 15.2 Å². The fourth-order valence-corrected chi connectivity index (χ4v) is 1.88. The average Bonchev–Trinajstić information content (AvgIpc) is 2.99. The number of amides is 1. The maximum atomic E-state index is 12.7. The molecule has 0 radical (unpaired) electrons. The number of hydrogen-bond acceptors (Lipinski definition) is 6. The van der Waals surface area contributed by atoms with Crippen LogP contribution in [-0.4, -0.2) is 26.8 Å². The lowest BCUT2D eigenvalue weighted by Gasteiger charge is -1.98. The number of thiophene rings is 1. The van der Waals surface area contributed by atoms with E-state index in [1.54, 1.807) is 0 Å². The minimum Gasteiger partial charge on any atom is -0.271 e. The Hall–Kier alpha value is -2.62. The molecule has 2 aromatic rings. The van der Waals surface area contributed by atoms with Gasteiger partial charge in [0.25, 0.3) is 5.91 Å². The van der Waals surface area contributed by atoms with Crippen LogP contribution in [0.1, 0.15) is 4.88 Å². The van der Waals surface area contributed by atoms with Crippen molar-refractivity contribution in [2.75, 3.05) is 0 Å². The molecule has 2 heterocycles. The molecule has 0 aliphatic carbocycles.